The number of hydrogen-bond acceptors (Lipinski definition) is 4. The lowest BCUT2D eigenvalue weighted by molar-refractivity contribution is -0.115. The van der Waals surface area contributed by atoms with E-state index in [4.69, 9.17) is 4.74 Å². The van der Waals surface area contributed by atoms with E-state index >= 15 is 0 Å². The number of ether oxygens (including phenoxy) is 1. The Hall–Kier alpha value is -2.27. The second kappa shape index (κ2) is 8.39. The molecule has 0 heterocycles. The number of nitrogens with one attached hydrogen (secondary N) is 1. The summed E-state index contributed by atoms with van der Waals surface area (Å²) in [5, 5.41) is 2.59. The molecule has 0 spiro atoms. The van der Waals surface area contributed by atoms with Crippen molar-refractivity contribution in [3.8, 4) is 0 Å². The highest BCUT2D eigenvalue weighted by atomic mass is 32.2. The van der Waals surface area contributed by atoms with Crippen molar-refractivity contribution in [1.82, 2.24) is 0 Å². The summed E-state index contributed by atoms with van der Waals surface area (Å²) in [6.07, 6.45) is 0. The molecule has 0 saturated heterocycles. The third-order valence-electron chi connectivity index (χ3n) is 3.07. The van der Waals surface area contributed by atoms with Gasteiger partial charge in [0.1, 0.15) is 0 Å². The summed E-state index contributed by atoms with van der Waals surface area (Å²) in [7, 11) is 0. The number of esters is 1. The molecule has 120 valence electrons. The van der Waals surface area contributed by atoms with Crippen molar-refractivity contribution in [3.05, 3.63) is 60.2 Å². The van der Waals surface area contributed by atoms with Crippen LogP contribution in [0.15, 0.2) is 59.5 Å². The van der Waals surface area contributed by atoms with E-state index in [0.717, 1.165) is 4.90 Å². The molecule has 2 rings (SSSR count). The molecule has 0 saturated carbocycles. The van der Waals surface area contributed by atoms with Crippen molar-refractivity contribution in [2.45, 2.75) is 24.0 Å². The van der Waals surface area contributed by atoms with Gasteiger partial charge >= 0.3 is 5.97 Å². The number of thioether (sulfide) groups is 1. The van der Waals surface area contributed by atoms with Gasteiger partial charge in [0.05, 0.1) is 17.4 Å². The van der Waals surface area contributed by atoms with Crippen LogP contribution in [-0.4, -0.2) is 23.7 Å². The maximum absolute atomic E-state index is 12.3. The van der Waals surface area contributed by atoms with Crippen LogP contribution >= 0.6 is 11.8 Å². The molecule has 2 aromatic rings. The summed E-state index contributed by atoms with van der Waals surface area (Å²) in [5.41, 5.74) is 1.01. The van der Waals surface area contributed by atoms with Crippen LogP contribution in [0.5, 0.6) is 0 Å². The molecule has 4 nitrogen and oxygen atoms in total. The molecule has 0 aliphatic carbocycles. The molecular formula is C18H19NO3S. The van der Waals surface area contributed by atoms with E-state index in [9.17, 15) is 9.59 Å². The van der Waals surface area contributed by atoms with Crippen LogP contribution in [0, 0.1) is 0 Å². The van der Waals surface area contributed by atoms with Gasteiger partial charge in [-0.1, -0.05) is 24.3 Å². The van der Waals surface area contributed by atoms with Crippen molar-refractivity contribution in [2.75, 3.05) is 11.9 Å². The molecule has 23 heavy (non-hydrogen) atoms. The number of carbonyl (C=O) groups is 2. The summed E-state index contributed by atoms with van der Waals surface area (Å²) >= 11 is 1.49. The second-order valence-corrected chi connectivity index (χ2v) is 6.28. The molecule has 5 heteroatoms. The molecule has 1 atom stereocenters. The molecule has 0 bridgehead atoms. The Kier molecular flexibility index (Phi) is 6.23. The fourth-order valence-corrected chi connectivity index (χ4v) is 2.83. The molecule has 1 amide bonds. The third-order valence-corrected chi connectivity index (χ3v) is 4.18. The molecule has 0 aromatic heterocycles. The minimum absolute atomic E-state index is 0.111. The van der Waals surface area contributed by atoms with Gasteiger partial charge < -0.3 is 10.1 Å². The van der Waals surface area contributed by atoms with Crippen LogP contribution in [0.4, 0.5) is 5.69 Å². The Balaban J connectivity index is 1.99. The number of hydrogen-bond donors (Lipinski definition) is 1. The number of benzene rings is 2. The van der Waals surface area contributed by atoms with Gasteiger partial charge in [0.15, 0.2) is 0 Å². The number of anilines is 1. The highest BCUT2D eigenvalue weighted by Crippen LogP contribution is 2.24. The van der Waals surface area contributed by atoms with Gasteiger partial charge in [-0.05, 0) is 44.2 Å². The normalized spacial score (nSPS) is 11.6. The Morgan fingerprint density at radius 1 is 1.13 bits per heavy atom. The minimum atomic E-state index is -0.393. The highest BCUT2D eigenvalue weighted by molar-refractivity contribution is 8.00. The van der Waals surface area contributed by atoms with E-state index < -0.39 is 5.97 Å². The monoisotopic (exact) mass is 329 g/mol. The Labute approximate surface area is 140 Å². The summed E-state index contributed by atoms with van der Waals surface area (Å²) < 4.78 is 4.96. The van der Waals surface area contributed by atoms with Crippen molar-refractivity contribution >= 4 is 29.3 Å². The van der Waals surface area contributed by atoms with Crippen LogP contribution in [0.1, 0.15) is 24.2 Å². The fraction of sp³-hybridized carbons (Fsp3) is 0.222. The van der Waals surface area contributed by atoms with E-state index in [0.29, 0.717) is 17.9 Å². The van der Waals surface area contributed by atoms with Gasteiger partial charge in [-0.2, -0.15) is 0 Å². The van der Waals surface area contributed by atoms with E-state index in [1.54, 1.807) is 31.2 Å². The van der Waals surface area contributed by atoms with E-state index in [2.05, 4.69) is 5.32 Å². The molecule has 0 aliphatic rings. The molecule has 1 N–H and O–H groups in total. The summed E-state index contributed by atoms with van der Waals surface area (Å²) in [4.78, 5) is 25.0. The van der Waals surface area contributed by atoms with Crippen LogP contribution in [0.3, 0.4) is 0 Å². The van der Waals surface area contributed by atoms with Crippen molar-refractivity contribution in [1.29, 1.82) is 0 Å². The molecule has 0 fully saturated rings. The molecule has 2 aromatic carbocycles. The predicted octanol–water partition coefficient (Wildman–Crippen LogP) is 3.98. The first-order chi connectivity index (χ1) is 11.1. The summed E-state index contributed by atoms with van der Waals surface area (Å²) in [5.74, 6) is -0.504. The molecule has 0 unspecified atom stereocenters. The SMILES string of the molecule is CCOC(=O)c1cccc(NC(=O)[C@@H](C)Sc2ccccc2)c1. The van der Waals surface area contributed by atoms with Gasteiger partial charge in [0.25, 0.3) is 0 Å². The molecular weight excluding hydrogens is 310 g/mol. The summed E-state index contributed by atoms with van der Waals surface area (Å²) in [6, 6.07) is 16.5. The van der Waals surface area contributed by atoms with E-state index in [1.165, 1.54) is 11.8 Å². The second-order valence-electron chi connectivity index (χ2n) is 4.86. The first-order valence-corrected chi connectivity index (χ1v) is 8.28. The van der Waals surface area contributed by atoms with Crippen molar-refractivity contribution < 1.29 is 14.3 Å². The van der Waals surface area contributed by atoms with Gasteiger partial charge in [0, 0.05) is 10.6 Å². The lowest BCUT2D eigenvalue weighted by atomic mass is 10.2. The van der Waals surface area contributed by atoms with Crippen molar-refractivity contribution in [2.24, 2.45) is 0 Å². The van der Waals surface area contributed by atoms with Gasteiger partial charge in [-0.15, -0.1) is 11.8 Å². The highest BCUT2D eigenvalue weighted by Gasteiger charge is 2.15. The van der Waals surface area contributed by atoms with Gasteiger partial charge in [0.2, 0.25) is 5.91 Å². The van der Waals surface area contributed by atoms with Gasteiger partial charge in [-0.3, -0.25) is 4.79 Å². The average Bonchev–Trinajstić information content (AvgIpc) is 2.56. The van der Waals surface area contributed by atoms with Crippen LogP contribution in [0.2, 0.25) is 0 Å². The van der Waals surface area contributed by atoms with E-state index in [1.807, 2.05) is 37.3 Å². The Morgan fingerprint density at radius 2 is 1.87 bits per heavy atom. The first kappa shape index (κ1) is 17.1. The van der Waals surface area contributed by atoms with Crippen LogP contribution in [-0.2, 0) is 9.53 Å². The zero-order valence-corrected chi connectivity index (χ0v) is 13.9. The number of carbonyl (C=O) groups excluding carboxylic acids is 2. The van der Waals surface area contributed by atoms with E-state index in [-0.39, 0.29) is 11.2 Å². The Bertz CT molecular complexity index is 673. The smallest absolute Gasteiger partial charge is 0.338 e. The van der Waals surface area contributed by atoms with Gasteiger partial charge in [-0.25, -0.2) is 4.79 Å². The fourth-order valence-electron chi connectivity index (χ4n) is 1.94. The molecule has 0 radical (unpaired) electrons. The number of amides is 1. The first-order valence-electron chi connectivity index (χ1n) is 7.40. The maximum atomic E-state index is 12.3. The average molecular weight is 329 g/mol. The number of rotatable bonds is 6. The Morgan fingerprint density at radius 3 is 2.57 bits per heavy atom. The van der Waals surface area contributed by atoms with Crippen molar-refractivity contribution in [3.63, 3.8) is 0 Å². The summed E-state index contributed by atoms with van der Waals surface area (Å²) in [6.45, 7) is 3.92. The lowest BCUT2D eigenvalue weighted by Crippen LogP contribution is -2.22. The quantitative estimate of drug-likeness (QED) is 0.643. The zero-order chi connectivity index (χ0) is 16.7. The van der Waals surface area contributed by atoms with Crippen LogP contribution in [0.25, 0.3) is 0 Å². The molecule has 0 aliphatic heterocycles. The predicted molar refractivity (Wildman–Crippen MR) is 92.8 cm³/mol. The zero-order valence-electron chi connectivity index (χ0n) is 13.1. The topological polar surface area (TPSA) is 55.4 Å². The standard InChI is InChI=1S/C18H19NO3S/c1-3-22-18(21)14-8-7-9-15(12-14)19-17(20)13(2)23-16-10-5-4-6-11-16/h4-13H,3H2,1-2H3,(H,19,20)/t13-/m1/s1. The maximum Gasteiger partial charge on any atom is 0.338 e. The largest absolute Gasteiger partial charge is 0.462 e. The van der Waals surface area contributed by atoms with Crippen LogP contribution < -0.4 is 5.32 Å². The minimum Gasteiger partial charge on any atom is -0.462 e. The lowest BCUT2D eigenvalue weighted by Gasteiger charge is -2.12. The third kappa shape index (κ3) is 5.14.